The number of ether oxygens (including phenoxy) is 1. The minimum Gasteiger partial charge on any atom is -0.463 e. The Labute approximate surface area is 125 Å². The molecule has 1 aliphatic rings. The maximum atomic E-state index is 12.0. The monoisotopic (exact) mass is 286 g/mol. The van der Waals surface area contributed by atoms with E-state index in [1.807, 2.05) is 13.8 Å². The van der Waals surface area contributed by atoms with Crippen LogP contribution in [0.15, 0.2) is 12.1 Å². The number of hydrogen-bond donors (Lipinski definition) is 1. The quantitative estimate of drug-likeness (QED) is 0.882. The number of aromatic nitrogens is 1. The predicted octanol–water partition coefficient (Wildman–Crippen LogP) is 2.58. The van der Waals surface area contributed by atoms with Gasteiger partial charge in [-0.05, 0) is 49.6 Å². The van der Waals surface area contributed by atoms with Gasteiger partial charge in [0.15, 0.2) is 0 Å². The van der Waals surface area contributed by atoms with E-state index in [2.05, 4.69) is 36.0 Å². The number of nitrogens with zero attached hydrogens (tertiary/aromatic N) is 1. The lowest BCUT2D eigenvalue weighted by molar-refractivity contribution is -0.146. The van der Waals surface area contributed by atoms with E-state index >= 15 is 0 Å². The summed E-state index contributed by atoms with van der Waals surface area (Å²) in [6, 6.07) is 4.48. The highest BCUT2D eigenvalue weighted by Crippen LogP contribution is 2.30. The normalized spacial score (nSPS) is 14.0. The molecule has 4 nitrogen and oxygen atoms in total. The molecule has 0 fully saturated rings. The van der Waals surface area contributed by atoms with Crippen LogP contribution in [0.25, 0.3) is 10.9 Å². The van der Waals surface area contributed by atoms with Crippen LogP contribution < -0.4 is 5.32 Å². The zero-order chi connectivity index (χ0) is 15.1. The largest absolute Gasteiger partial charge is 0.463 e. The van der Waals surface area contributed by atoms with E-state index in [1.54, 1.807) is 0 Å². The molecule has 0 saturated heterocycles. The van der Waals surface area contributed by atoms with Crippen molar-refractivity contribution in [3.63, 3.8) is 0 Å². The number of carbonyl (C=O) groups is 1. The van der Waals surface area contributed by atoms with E-state index in [0.29, 0.717) is 6.42 Å². The average molecular weight is 286 g/mol. The smallest absolute Gasteiger partial charge is 0.310 e. The summed E-state index contributed by atoms with van der Waals surface area (Å²) in [7, 11) is 2.06. The molecule has 0 aliphatic carbocycles. The molecule has 1 aromatic carbocycles. The molecule has 21 heavy (non-hydrogen) atoms. The van der Waals surface area contributed by atoms with Gasteiger partial charge in [-0.25, -0.2) is 0 Å². The van der Waals surface area contributed by atoms with Gasteiger partial charge in [-0.3, -0.25) is 4.79 Å². The van der Waals surface area contributed by atoms with Crippen molar-refractivity contribution in [2.45, 2.75) is 46.4 Å². The third-order valence-corrected chi connectivity index (χ3v) is 4.26. The number of nitrogens with one attached hydrogen (secondary N) is 1. The van der Waals surface area contributed by atoms with E-state index < -0.39 is 0 Å². The third kappa shape index (κ3) is 2.44. The van der Waals surface area contributed by atoms with E-state index in [9.17, 15) is 4.79 Å². The first-order chi connectivity index (χ1) is 9.97. The van der Waals surface area contributed by atoms with Gasteiger partial charge < -0.3 is 14.6 Å². The van der Waals surface area contributed by atoms with Crippen molar-refractivity contribution < 1.29 is 9.53 Å². The average Bonchev–Trinajstić information content (AvgIpc) is 2.95. The van der Waals surface area contributed by atoms with Crippen molar-refractivity contribution in [2.75, 3.05) is 0 Å². The van der Waals surface area contributed by atoms with Gasteiger partial charge in [0.25, 0.3) is 0 Å². The van der Waals surface area contributed by atoms with Crippen molar-refractivity contribution >= 4 is 16.9 Å². The fourth-order valence-electron chi connectivity index (χ4n) is 3.11. The molecule has 3 rings (SSSR count). The first-order valence-corrected chi connectivity index (χ1v) is 7.47. The number of benzene rings is 1. The van der Waals surface area contributed by atoms with E-state index in [4.69, 9.17) is 4.74 Å². The Hall–Kier alpha value is -1.81. The van der Waals surface area contributed by atoms with Crippen LogP contribution in [0.3, 0.4) is 0 Å². The van der Waals surface area contributed by atoms with E-state index in [0.717, 1.165) is 24.3 Å². The van der Waals surface area contributed by atoms with Crippen molar-refractivity contribution in [3.8, 4) is 0 Å². The van der Waals surface area contributed by atoms with Gasteiger partial charge in [-0.15, -0.1) is 0 Å². The minimum atomic E-state index is -0.153. The topological polar surface area (TPSA) is 43.3 Å². The molecule has 4 heteroatoms. The van der Waals surface area contributed by atoms with Gasteiger partial charge in [0.2, 0.25) is 0 Å². The van der Waals surface area contributed by atoms with E-state index in [1.165, 1.54) is 22.0 Å². The molecule has 112 valence electrons. The molecule has 0 spiro atoms. The van der Waals surface area contributed by atoms with Crippen LogP contribution in [-0.4, -0.2) is 16.6 Å². The van der Waals surface area contributed by atoms with Gasteiger partial charge >= 0.3 is 5.97 Å². The van der Waals surface area contributed by atoms with Gasteiger partial charge in [0, 0.05) is 36.7 Å². The molecule has 1 N–H and O–H groups in total. The zero-order valence-electron chi connectivity index (χ0n) is 13.1. The number of hydrogen-bond acceptors (Lipinski definition) is 3. The summed E-state index contributed by atoms with van der Waals surface area (Å²) in [4.78, 5) is 12.0. The molecule has 0 unspecified atom stereocenters. The summed E-state index contributed by atoms with van der Waals surface area (Å²) in [5.41, 5.74) is 6.13. The second kappa shape index (κ2) is 5.19. The molecular weight excluding hydrogens is 264 g/mol. The molecule has 0 atom stereocenters. The number of fused-ring (bicyclic) bond motifs is 2. The third-order valence-electron chi connectivity index (χ3n) is 4.26. The fourth-order valence-corrected chi connectivity index (χ4v) is 3.11. The molecule has 1 aromatic heterocycles. The number of aryl methyl sites for hydroxylation is 1. The van der Waals surface area contributed by atoms with Crippen LogP contribution in [0.2, 0.25) is 0 Å². The Kier molecular flexibility index (Phi) is 3.49. The highest BCUT2D eigenvalue weighted by molar-refractivity contribution is 5.90. The lowest BCUT2D eigenvalue weighted by atomic mass is 10.0. The Balaban J connectivity index is 2.05. The maximum absolute atomic E-state index is 12.0. The molecule has 0 radical (unpaired) electrons. The van der Waals surface area contributed by atoms with Crippen molar-refractivity contribution in [1.82, 2.24) is 9.88 Å². The zero-order valence-corrected chi connectivity index (χ0v) is 13.1. The van der Waals surface area contributed by atoms with Crippen molar-refractivity contribution in [3.05, 3.63) is 34.5 Å². The first-order valence-electron chi connectivity index (χ1n) is 7.47. The lowest BCUT2D eigenvalue weighted by Crippen LogP contribution is -2.14. The lowest BCUT2D eigenvalue weighted by Gasteiger charge is -2.08. The van der Waals surface area contributed by atoms with Crippen LogP contribution in [0.5, 0.6) is 0 Å². The van der Waals surface area contributed by atoms with Crippen LogP contribution in [0.4, 0.5) is 0 Å². The highest BCUT2D eigenvalue weighted by Gasteiger charge is 2.20. The Morgan fingerprint density at radius 3 is 2.67 bits per heavy atom. The SMILES string of the molecule is Cc1c(CC(=O)OC(C)C)c2cc3c(cc2n1C)CNC3. The fraction of sp³-hybridized carbons (Fsp3) is 0.471. The summed E-state index contributed by atoms with van der Waals surface area (Å²) in [5.74, 6) is -0.153. The predicted molar refractivity (Wildman–Crippen MR) is 83.1 cm³/mol. The molecule has 1 aliphatic heterocycles. The van der Waals surface area contributed by atoms with Gasteiger partial charge in [0.05, 0.1) is 12.5 Å². The van der Waals surface area contributed by atoms with Crippen LogP contribution in [0.1, 0.15) is 36.2 Å². The Bertz CT molecular complexity index is 713. The molecular formula is C17H22N2O2. The Morgan fingerprint density at radius 1 is 1.33 bits per heavy atom. The Morgan fingerprint density at radius 2 is 2.00 bits per heavy atom. The second-order valence-electron chi connectivity index (χ2n) is 6.08. The van der Waals surface area contributed by atoms with Gasteiger partial charge in [-0.2, -0.15) is 0 Å². The summed E-state index contributed by atoms with van der Waals surface area (Å²) in [5, 5.41) is 4.55. The molecule has 2 aromatic rings. The number of carbonyl (C=O) groups excluding carboxylic acids is 1. The molecule has 0 amide bonds. The summed E-state index contributed by atoms with van der Waals surface area (Å²) in [6.07, 6.45) is 0.273. The highest BCUT2D eigenvalue weighted by atomic mass is 16.5. The van der Waals surface area contributed by atoms with Crippen LogP contribution in [0, 0.1) is 6.92 Å². The van der Waals surface area contributed by atoms with Crippen LogP contribution in [-0.2, 0) is 36.1 Å². The molecule has 0 bridgehead atoms. The van der Waals surface area contributed by atoms with Gasteiger partial charge in [-0.1, -0.05) is 0 Å². The minimum absolute atomic E-state index is 0.0683. The van der Waals surface area contributed by atoms with Crippen LogP contribution >= 0.6 is 0 Å². The number of esters is 1. The first kappa shape index (κ1) is 14.1. The molecule has 2 heterocycles. The van der Waals surface area contributed by atoms with Crippen molar-refractivity contribution in [1.29, 1.82) is 0 Å². The molecule has 0 saturated carbocycles. The van der Waals surface area contributed by atoms with E-state index in [-0.39, 0.29) is 12.1 Å². The second-order valence-corrected chi connectivity index (χ2v) is 6.08. The van der Waals surface area contributed by atoms with Gasteiger partial charge in [0.1, 0.15) is 0 Å². The maximum Gasteiger partial charge on any atom is 0.310 e. The number of rotatable bonds is 3. The standard InChI is InChI=1S/C17H22N2O2/c1-10(2)21-17(20)7-14-11(3)19(4)16-6-13-9-18-8-12(13)5-15(14)16/h5-6,10,18H,7-9H2,1-4H3. The summed E-state index contributed by atoms with van der Waals surface area (Å²) >= 11 is 0. The summed E-state index contributed by atoms with van der Waals surface area (Å²) < 4.78 is 7.47. The van der Waals surface area contributed by atoms with Crippen molar-refractivity contribution in [2.24, 2.45) is 7.05 Å². The summed E-state index contributed by atoms with van der Waals surface area (Å²) in [6.45, 7) is 7.68.